The van der Waals surface area contributed by atoms with Gasteiger partial charge in [0, 0.05) is 18.3 Å². The Morgan fingerprint density at radius 3 is 2.78 bits per heavy atom. The van der Waals surface area contributed by atoms with Gasteiger partial charge in [-0.2, -0.15) is 0 Å². The standard InChI is InChI=1S/C21H28N4O.HI/c1-3-22-21(25-14-19-6-4-5-11-23-19)24-13-18-10-7-16(2)12-20(18)26-15-17-8-9-17;/h4-7,10-12,17H,3,8-9,13-15H2,1-2H3,(H2,22,24,25);1H. The lowest BCUT2D eigenvalue weighted by Gasteiger charge is -2.13. The number of hydrogen-bond donors (Lipinski definition) is 2. The van der Waals surface area contributed by atoms with Crippen LogP contribution in [0.25, 0.3) is 0 Å². The van der Waals surface area contributed by atoms with Crippen LogP contribution in [0.2, 0.25) is 0 Å². The molecular formula is C21H29IN4O. The number of ether oxygens (including phenoxy) is 1. The summed E-state index contributed by atoms with van der Waals surface area (Å²) in [5, 5.41) is 6.62. The van der Waals surface area contributed by atoms with Gasteiger partial charge < -0.3 is 15.4 Å². The lowest BCUT2D eigenvalue weighted by Crippen LogP contribution is -2.37. The Morgan fingerprint density at radius 1 is 1.22 bits per heavy atom. The fourth-order valence-electron chi connectivity index (χ4n) is 2.60. The summed E-state index contributed by atoms with van der Waals surface area (Å²) in [6.45, 7) is 7.01. The van der Waals surface area contributed by atoms with E-state index in [1.807, 2.05) is 18.2 Å². The Morgan fingerprint density at radius 2 is 2.07 bits per heavy atom. The van der Waals surface area contributed by atoms with Crippen LogP contribution < -0.4 is 15.4 Å². The zero-order valence-corrected chi connectivity index (χ0v) is 18.4. The summed E-state index contributed by atoms with van der Waals surface area (Å²) in [4.78, 5) is 9.05. The van der Waals surface area contributed by atoms with E-state index in [0.29, 0.717) is 13.1 Å². The third-order valence-corrected chi connectivity index (χ3v) is 4.31. The zero-order valence-electron chi connectivity index (χ0n) is 16.1. The Balaban J connectivity index is 0.00000261. The summed E-state index contributed by atoms with van der Waals surface area (Å²) >= 11 is 0. The average molecular weight is 480 g/mol. The van der Waals surface area contributed by atoms with Crippen LogP contribution in [0.15, 0.2) is 47.6 Å². The molecule has 1 aliphatic carbocycles. The monoisotopic (exact) mass is 480 g/mol. The molecule has 3 rings (SSSR count). The number of rotatable bonds is 8. The van der Waals surface area contributed by atoms with Gasteiger partial charge in [-0.3, -0.25) is 4.98 Å². The van der Waals surface area contributed by atoms with Crippen molar-refractivity contribution in [1.29, 1.82) is 0 Å². The van der Waals surface area contributed by atoms with Gasteiger partial charge in [-0.25, -0.2) is 4.99 Å². The first-order chi connectivity index (χ1) is 12.7. The van der Waals surface area contributed by atoms with Crippen molar-refractivity contribution >= 4 is 29.9 Å². The quantitative estimate of drug-likeness (QED) is 0.340. The van der Waals surface area contributed by atoms with Crippen LogP contribution in [0.3, 0.4) is 0 Å². The van der Waals surface area contributed by atoms with Crippen LogP contribution in [0.4, 0.5) is 0 Å². The van der Waals surface area contributed by atoms with E-state index in [4.69, 9.17) is 9.73 Å². The second kappa shape index (κ2) is 11.1. The normalized spacial score (nSPS) is 13.6. The molecule has 0 unspecified atom stereocenters. The zero-order chi connectivity index (χ0) is 18.2. The minimum absolute atomic E-state index is 0. The van der Waals surface area contributed by atoms with Gasteiger partial charge in [-0.15, -0.1) is 24.0 Å². The summed E-state index contributed by atoms with van der Waals surface area (Å²) in [5.41, 5.74) is 3.32. The summed E-state index contributed by atoms with van der Waals surface area (Å²) in [6, 6.07) is 12.3. The Kier molecular flexibility index (Phi) is 8.84. The Labute approximate surface area is 179 Å². The van der Waals surface area contributed by atoms with E-state index in [2.05, 4.69) is 47.7 Å². The molecule has 0 bridgehead atoms. The fourth-order valence-corrected chi connectivity index (χ4v) is 2.60. The van der Waals surface area contributed by atoms with Crippen molar-refractivity contribution in [2.75, 3.05) is 13.2 Å². The number of aromatic nitrogens is 1. The first-order valence-corrected chi connectivity index (χ1v) is 9.39. The predicted octanol–water partition coefficient (Wildman–Crippen LogP) is 4.05. The maximum absolute atomic E-state index is 6.04. The molecule has 2 aromatic rings. The van der Waals surface area contributed by atoms with Crippen LogP contribution in [-0.2, 0) is 13.1 Å². The molecule has 6 heteroatoms. The number of benzene rings is 1. The summed E-state index contributed by atoms with van der Waals surface area (Å²) in [6.07, 6.45) is 4.39. The van der Waals surface area contributed by atoms with E-state index < -0.39 is 0 Å². The average Bonchev–Trinajstić information content (AvgIpc) is 3.48. The molecule has 2 N–H and O–H groups in total. The SMILES string of the molecule is CCNC(=NCc1ccc(C)cc1OCC1CC1)NCc1ccccn1.I. The van der Waals surface area contributed by atoms with Gasteiger partial charge >= 0.3 is 0 Å². The van der Waals surface area contributed by atoms with Crippen LogP contribution in [-0.4, -0.2) is 24.1 Å². The molecule has 0 aliphatic heterocycles. The molecule has 146 valence electrons. The van der Waals surface area contributed by atoms with Crippen LogP contribution in [0.1, 0.15) is 36.6 Å². The van der Waals surface area contributed by atoms with Crippen molar-refractivity contribution in [2.24, 2.45) is 10.9 Å². The van der Waals surface area contributed by atoms with Gasteiger partial charge in [0.25, 0.3) is 0 Å². The molecule has 1 aliphatic rings. The third-order valence-electron chi connectivity index (χ3n) is 4.31. The fraction of sp³-hybridized carbons (Fsp3) is 0.429. The summed E-state index contributed by atoms with van der Waals surface area (Å²) in [5.74, 6) is 2.48. The molecule has 1 aromatic carbocycles. The van der Waals surface area contributed by atoms with E-state index in [9.17, 15) is 0 Å². The van der Waals surface area contributed by atoms with Crippen molar-refractivity contribution < 1.29 is 4.74 Å². The number of aliphatic imine (C=N–C) groups is 1. The van der Waals surface area contributed by atoms with Crippen LogP contribution in [0.5, 0.6) is 5.75 Å². The van der Waals surface area contributed by atoms with Gasteiger partial charge in [0.1, 0.15) is 5.75 Å². The topological polar surface area (TPSA) is 58.5 Å². The molecule has 27 heavy (non-hydrogen) atoms. The van der Waals surface area contributed by atoms with Gasteiger partial charge in [0.2, 0.25) is 0 Å². The van der Waals surface area contributed by atoms with E-state index >= 15 is 0 Å². The van der Waals surface area contributed by atoms with Crippen molar-refractivity contribution in [3.05, 3.63) is 59.4 Å². The number of hydrogen-bond acceptors (Lipinski definition) is 3. The first kappa shape index (κ1) is 21.5. The maximum Gasteiger partial charge on any atom is 0.191 e. The third kappa shape index (κ3) is 7.36. The van der Waals surface area contributed by atoms with Gasteiger partial charge in [-0.05, 0) is 56.4 Å². The van der Waals surface area contributed by atoms with Crippen LogP contribution >= 0.6 is 24.0 Å². The lowest BCUT2D eigenvalue weighted by atomic mass is 10.1. The first-order valence-electron chi connectivity index (χ1n) is 9.39. The minimum Gasteiger partial charge on any atom is -0.493 e. The molecule has 0 radical (unpaired) electrons. The van der Waals surface area contributed by atoms with Gasteiger partial charge in [-0.1, -0.05) is 18.2 Å². The lowest BCUT2D eigenvalue weighted by molar-refractivity contribution is 0.296. The number of nitrogens with one attached hydrogen (secondary N) is 2. The van der Waals surface area contributed by atoms with Crippen molar-refractivity contribution in [3.63, 3.8) is 0 Å². The molecular weight excluding hydrogens is 451 g/mol. The largest absolute Gasteiger partial charge is 0.493 e. The minimum atomic E-state index is 0. The van der Waals surface area contributed by atoms with E-state index in [-0.39, 0.29) is 24.0 Å². The van der Waals surface area contributed by atoms with E-state index in [0.717, 1.165) is 42.0 Å². The predicted molar refractivity (Wildman–Crippen MR) is 121 cm³/mol. The van der Waals surface area contributed by atoms with E-state index in [1.165, 1.54) is 18.4 Å². The summed E-state index contributed by atoms with van der Waals surface area (Å²) < 4.78 is 6.04. The molecule has 0 amide bonds. The van der Waals surface area contributed by atoms with E-state index in [1.54, 1.807) is 6.20 Å². The van der Waals surface area contributed by atoms with Gasteiger partial charge in [0.05, 0.1) is 25.4 Å². The highest BCUT2D eigenvalue weighted by Gasteiger charge is 2.22. The van der Waals surface area contributed by atoms with Gasteiger partial charge in [0.15, 0.2) is 5.96 Å². The van der Waals surface area contributed by atoms with Crippen molar-refractivity contribution in [1.82, 2.24) is 15.6 Å². The second-order valence-corrected chi connectivity index (χ2v) is 6.74. The summed E-state index contributed by atoms with van der Waals surface area (Å²) in [7, 11) is 0. The molecule has 1 fully saturated rings. The van der Waals surface area contributed by atoms with Crippen molar-refractivity contribution in [2.45, 2.75) is 39.8 Å². The Hall–Kier alpha value is -1.83. The molecule has 0 saturated heterocycles. The highest BCUT2D eigenvalue weighted by atomic mass is 127. The maximum atomic E-state index is 6.04. The Bertz CT molecular complexity index is 732. The molecule has 1 saturated carbocycles. The highest BCUT2D eigenvalue weighted by molar-refractivity contribution is 14.0. The number of nitrogens with zero attached hydrogens (tertiary/aromatic N) is 2. The highest BCUT2D eigenvalue weighted by Crippen LogP contribution is 2.30. The van der Waals surface area contributed by atoms with Crippen molar-refractivity contribution in [3.8, 4) is 5.75 Å². The second-order valence-electron chi connectivity index (χ2n) is 6.74. The molecule has 5 nitrogen and oxygen atoms in total. The molecule has 1 heterocycles. The number of pyridine rings is 1. The number of aryl methyl sites for hydroxylation is 1. The smallest absolute Gasteiger partial charge is 0.191 e. The number of guanidine groups is 1. The number of halogens is 1. The molecule has 0 atom stereocenters. The molecule has 1 aromatic heterocycles. The molecule has 0 spiro atoms. The van der Waals surface area contributed by atoms with Crippen LogP contribution in [0, 0.1) is 12.8 Å².